The molecule has 13 nitrogen and oxygen atoms in total. The number of anilines is 1. The van der Waals surface area contributed by atoms with Crippen LogP contribution >= 0.6 is 7.75 Å². The Kier molecular flexibility index (Phi) is 8.68. The molecule has 43 heavy (non-hydrogen) atoms. The van der Waals surface area contributed by atoms with Crippen LogP contribution in [0.5, 0.6) is 5.75 Å². The Morgan fingerprint density at radius 3 is 2.67 bits per heavy atom. The smallest absolute Gasteiger partial charge is 0.459 e. The number of imidazole rings is 1. The fourth-order valence-electron chi connectivity index (χ4n) is 4.85. The number of rotatable bonds is 11. The summed E-state index contributed by atoms with van der Waals surface area (Å²) in [5.74, 6) is -0.0152. The number of esters is 1. The van der Waals surface area contributed by atoms with Crippen molar-refractivity contribution in [3.8, 4) is 5.75 Å². The normalized spacial score (nSPS) is 24.2. The summed E-state index contributed by atoms with van der Waals surface area (Å²) in [4.78, 5) is 25.2. The third-order valence-electron chi connectivity index (χ3n) is 7.00. The monoisotopic (exact) mass is 616 g/mol. The second kappa shape index (κ2) is 12.1. The number of nitrogens with one attached hydrogen (secondary N) is 2. The summed E-state index contributed by atoms with van der Waals surface area (Å²) in [7, 11) is -2.70. The lowest BCUT2D eigenvalue weighted by atomic mass is 9.98. The van der Waals surface area contributed by atoms with Crippen molar-refractivity contribution in [2.45, 2.75) is 63.9 Å². The van der Waals surface area contributed by atoms with Gasteiger partial charge in [0, 0.05) is 12.4 Å². The molecule has 1 aliphatic heterocycles. The number of ether oxygens (including phenoxy) is 2. The van der Waals surface area contributed by atoms with Crippen LogP contribution in [0.4, 0.5) is 10.2 Å². The first-order valence-electron chi connectivity index (χ1n) is 13.7. The molecule has 0 spiro atoms. The molecule has 15 heteroatoms. The summed E-state index contributed by atoms with van der Waals surface area (Å²) >= 11 is 0. The zero-order valence-electron chi connectivity index (χ0n) is 24.3. The van der Waals surface area contributed by atoms with Crippen molar-refractivity contribution in [3.63, 3.8) is 0 Å². The number of aliphatic hydroxyl groups is 1. The van der Waals surface area contributed by atoms with E-state index >= 15 is 4.39 Å². The van der Waals surface area contributed by atoms with Gasteiger partial charge < -0.3 is 24.4 Å². The second-order valence-electron chi connectivity index (χ2n) is 10.6. The fraction of sp³-hybridized carbons (Fsp3) is 0.429. The zero-order valence-corrected chi connectivity index (χ0v) is 25.2. The molecule has 0 saturated carbocycles. The number of fused-ring (bicyclic) bond motifs is 2. The highest BCUT2D eigenvalue weighted by molar-refractivity contribution is 7.52. The Morgan fingerprint density at radius 2 is 1.93 bits per heavy atom. The Labute approximate surface area is 247 Å². The molecular formula is C28H34FN6O7P. The minimum Gasteiger partial charge on any atom is -0.462 e. The Hall–Kier alpha value is -3.68. The van der Waals surface area contributed by atoms with Gasteiger partial charge in [-0.3, -0.25) is 13.9 Å². The van der Waals surface area contributed by atoms with Crippen LogP contribution in [0.1, 0.15) is 33.9 Å². The van der Waals surface area contributed by atoms with Crippen LogP contribution in [0.2, 0.25) is 0 Å². The maximum Gasteiger partial charge on any atom is 0.459 e. The first-order valence-corrected chi connectivity index (χ1v) is 15.3. The summed E-state index contributed by atoms with van der Waals surface area (Å²) in [5.41, 5.74) is -1.65. The minimum atomic E-state index is -4.36. The maximum absolute atomic E-state index is 16.1. The molecule has 1 fully saturated rings. The minimum absolute atomic E-state index is 0.226. The first-order chi connectivity index (χ1) is 20.4. The van der Waals surface area contributed by atoms with Gasteiger partial charge in [0.15, 0.2) is 23.4 Å². The predicted molar refractivity (Wildman–Crippen MR) is 156 cm³/mol. The van der Waals surface area contributed by atoms with Crippen LogP contribution in [0.25, 0.3) is 21.9 Å². The molecule has 0 bridgehead atoms. The average molecular weight is 617 g/mol. The van der Waals surface area contributed by atoms with Gasteiger partial charge in [-0.15, -0.1) is 0 Å². The third kappa shape index (κ3) is 6.20. The van der Waals surface area contributed by atoms with Gasteiger partial charge in [-0.05, 0) is 39.1 Å². The zero-order chi connectivity index (χ0) is 30.9. The molecule has 1 unspecified atom stereocenters. The molecule has 230 valence electrons. The van der Waals surface area contributed by atoms with E-state index in [4.69, 9.17) is 18.5 Å². The van der Waals surface area contributed by atoms with E-state index in [9.17, 15) is 14.5 Å². The van der Waals surface area contributed by atoms with Crippen LogP contribution in [-0.2, 0) is 23.4 Å². The molecule has 6 atom stereocenters. The molecule has 2 aromatic carbocycles. The van der Waals surface area contributed by atoms with Crippen molar-refractivity contribution < 1.29 is 37.4 Å². The fourth-order valence-corrected chi connectivity index (χ4v) is 6.37. The number of alkyl halides is 1. The van der Waals surface area contributed by atoms with E-state index in [0.29, 0.717) is 16.7 Å². The average Bonchev–Trinajstić information content (AvgIpc) is 3.49. The molecule has 0 amide bonds. The molecule has 1 aliphatic rings. The number of aliphatic hydroxyl groups excluding tert-OH is 1. The summed E-state index contributed by atoms with van der Waals surface area (Å²) in [5, 5.41) is 18.0. The Bertz CT molecular complexity index is 1660. The highest BCUT2D eigenvalue weighted by Gasteiger charge is 2.56. The van der Waals surface area contributed by atoms with Gasteiger partial charge in [-0.25, -0.2) is 23.9 Å². The molecule has 1 saturated heterocycles. The van der Waals surface area contributed by atoms with E-state index in [-0.39, 0.29) is 11.4 Å². The van der Waals surface area contributed by atoms with Gasteiger partial charge in [0.1, 0.15) is 35.8 Å². The van der Waals surface area contributed by atoms with E-state index in [2.05, 4.69) is 25.4 Å². The SMILES string of the molecule is CNc1ncnc2c1ncn2[C@@H]1O[C@H](COP(=O)(N[C@H](C)C(=O)OC(C)C)Oc2cccc3ccccc23)[C@@H](O)[C@@]1(C)F. The highest BCUT2D eigenvalue weighted by atomic mass is 31.2. The molecule has 3 N–H and O–H groups in total. The van der Waals surface area contributed by atoms with E-state index in [1.54, 1.807) is 45.2 Å². The number of carbonyl (C=O) groups is 1. The maximum atomic E-state index is 16.1. The summed E-state index contributed by atoms with van der Waals surface area (Å²) in [6.07, 6.45) is -2.11. The molecule has 0 radical (unpaired) electrons. The van der Waals surface area contributed by atoms with Gasteiger partial charge in [0.2, 0.25) is 0 Å². The number of carbonyl (C=O) groups excluding carboxylic acids is 1. The van der Waals surface area contributed by atoms with E-state index in [1.807, 2.05) is 18.2 Å². The van der Waals surface area contributed by atoms with Gasteiger partial charge >= 0.3 is 13.7 Å². The number of hydrogen-bond donors (Lipinski definition) is 3. The van der Waals surface area contributed by atoms with Crippen molar-refractivity contribution in [3.05, 3.63) is 55.1 Å². The number of hydrogen-bond acceptors (Lipinski definition) is 11. The molecule has 0 aliphatic carbocycles. The van der Waals surface area contributed by atoms with Crippen LogP contribution in [0, 0.1) is 0 Å². The molecule has 2 aromatic heterocycles. The molecular weight excluding hydrogens is 582 g/mol. The Morgan fingerprint density at radius 1 is 1.19 bits per heavy atom. The first kappa shape index (κ1) is 30.8. The van der Waals surface area contributed by atoms with Crippen molar-refractivity contribution in [1.82, 2.24) is 24.6 Å². The van der Waals surface area contributed by atoms with E-state index in [1.165, 1.54) is 31.1 Å². The summed E-state index contributed by atoms with van der Waals surface area (Å²) in [6.45, 7) is 5.45. The van der Waals surface area contributed by atoms with Crippen molar-refractivity contribution in [2.75, 3.05) is 19.0 Å². The predicted octanol–water partition coefficient (Wildman–Crippen LogP) is 4.14. The number of benzene rings is 2. The standard InChI is InChI=1S/C28H34FN6O7P/c1-16(2)40-26(37)17(3)34-43(38,42-20-12-8-10-18-9-6-7-11-19(18)20)39-13-21-23(36)28(4,29)27(41-21)35-15-33-22-24(30-5)31-14-32-25(22)35/h6-12,14-17,21,23,27,36H,13H2,1-5H3,(H,34,38)(H,30,31,32)/t17-,21-,23-,27-,28-,43?/m1/s1. The van der Waals surface area contributed by atoms with Crippen LogP contribution in [-0.4, -0.2) is 74.3 Å². The van der Waals surface area contributed by atoms with Crippen molar-refractivity contribution in [2.24, 2.45) is 0 Å². The van der Waals surface area contributed by atoms with Gasteiger partial charge in [0.25, 0.3) is 0 Å². The van der Waals surface area contributed by atoms with Crippen LogP contribution in [0.3, 0.4) is 0 Å². The van der Waals surface area contributed by atoms with Crippen LogP contribution < -0.4 is 14.9 Å². The highest BCUT2D eigenvalue weighted by Crippen LogP contribution is 2.49. The lowest BCUT2D eigenvalue weighted by Gasteiger charge is -2.26. The molecule has 5 rings (SSSR count). The quantitative estimate of drug-likeness (QED) is 0.164. The molecule has 3 heterocycles. The number of aromatic nitrogens is 4. The molecule has 4 aromatic rings. The van der Waals surface area contributed by atoms with Crippen molar-refractivity contribution >= 4 is 41.5 Å². The van der Waals surface area contributed by atoms with Crippen LogP contribution in [0.15, 0.2) is 55.1 Å². The summed E-state index contributed by atoms with van der Waals surface area (Å²) < 4.78 is 54.4. The van der Waals surface area contributed by atoms with E-state index in [0.717, 1.165) is 5.39 Å². The topological polar surface area (TPSA) is 159 Å². The van der Waals surface area contributed by atoms with Gasteiger partial charge in [-0.1, -0.05) is 36.4 Å². The summed E-state index contributed by atoms with van der Waals surface area (Å²) in [6, 6.07) is 11.4. The van der Waals surface area contributed by atoms with Gasteiger partial charge in [0.05, 0.1) is 19.0 Å². The van der Waals surface area contributed by atoms with Gasteiger partial charge in [-0.2, -0.15) is 5.09 Å². The third-order valence-corrected chi connectivity index (χ3v) is 8.63. The largest absolute Gasteiger partial charge is 0.462 e. The second-order valence-corrected chi connectivity index (χ2v) is 12.3. The van der Waals surface area contributed by atoms with E-state index < -0.39 is 56.6 Å². The lowest BCUT2D eigenvalue weighted by Crippen LogP contribution is -2.41. The number of nitrogens with zero attached hydrogens (tertiary/aromatic N) is 4. The van der Waals surface area contributed by atoms with Crippen molar-refractivity contribution in [1.29, 1.82) is 0 Å². The number of halogens is 1. The Balaban J connectivity index is 1.40. The lowest BCUT2D eigenvalue weighted by molar-refractivity contribution is -0.149.